The average Bonchev–Trinajstić information content (AvgIpc) is 2.48. The number of hydrogen-bond acceptors (Lipinski definition) is 2. The van der Waals surface area contributed by atoms with Crippen LogP contribution in [0.4, 0.5) is 0 Å². The van der Waals surface area contributed by atoms with Crippen molar-refractivity contribution in [3.8, 4) is 0 Å². The van der Waals surface area contributed by atoms with Gasteiger partial charge in [0.05, 0.1) is 6.33 Å². The Hall–Kier alpha value is -1.12. The van der Waals surface area contributed by atoms with Gasteiger partial charge in [-0.3, -0.25) is 4.79 Å². The van der Waals surface area contributed by atoms with Crippen LogP contribution < -0.4 is 0 Å². The lowest BCUT2D eigenvalue weighted by Gasteiger charge is -2.03. The fourth-order valence-electron chi connectivity index (χ4n) is 0.968. The van der Waals surface area contributed by atoms with Crippen LogP contribution in [0.15, 0.2) is 12.5 Å². The highest BCUT2D eigenvalue weighted by Crippen LogP contribution is 2.02. The lowest BCUT2D eigenvalue weighted by atomic mass is 10.1. The first kappa shape index (κ1) is 8.97. The summed E-state index contributed by atoms with van der Waals surface area (Å²) in [6, 6.07) is 0. The van der Waals surface area contributed by atoms with E-state index in [2.05, 4.69) is 18.8 Å². The zero-order chi connectivity index (χ0) is 8.97. The van der Waals surface area contributed by atoms with Gasteiger partial charge in [-0.05, 0) is 12.3 Å². The fourth-order valence-corrected chi connectivity index (χ4v) is 0.968. The minimum atomic E-state index is 0.513. The van der Waals surface area contributed by atoms with Gasteiger partial charge >= 0.3 is 0 Å². The minimum absolute atomic E-state index is 0.513. The molecule has 0 aliphatic carbocycles. The molecule has 0 N–H and O–H groups in total. The summed E-state index contributed by atoms with van der Waals surface area (Å²) in [5.74, 6) is 0.687. The number of carbonyl (C=O) groups excluding carboxylic acids is 1. The minimum Gasteiger partial charge on any atom is -0.337 e. The van der Waals surface area contributed by atoms with Crippen molar-refractivity contribution in [3.05, 3.63) is 18.2 Å². The summed E-state index contributed by atoms with van der Waals surface area (Å²) in [6.07, 6.45) is 5.36. The summed E-state index contributed by atoms with van der Waals surface area (Å²) in [7, 11) is 0. The molecular formula is C9H14N2O. The molecule has 1 rings (SSSR count). The van der Waals surface area contributed by atoms with E-state index in [0.29, 0.717) is 11.6 Å². The van der Waals surface area contributed by atoms with Crippen LogP contribution in [0, 0.1) is 5.92 Å². The van der Waals surface area contributed by atoms with Crippen molar-refractivity contribution < 1.29 is 4.79 Å². The molecule has 3 heteroatoms. The summed E-state index contributed by atoms with van der Waals surface area (Å²) < 4.78 is 1.95. The Morgan fingerprint density at radius 3 is 2.92 bits per heavy atom. The number of carbonyl (C=O) groups is 1. The van der Waals surface area contributed by atoms with Crippen molar-refractivity contribution in [2.24, 2.45) is 5.92 Å². The lowest BCUT2D eigenvalue weighted by Crippen LogP contribution is -1.98. The molecule has 0 saturated heterocycles. The summed E-state index contributed by atoms with van der Waals surface area (Å²) in [4.78, 5) is 14.2. The van der Waals surface area contributed by atoms with Gasteiger partial charge in [-0.25, -0.2) is 4.98 Å². The maximum Gasteiger partial charge on any atom is 0.169 e. The van der Waals surface area contributed by atoms with Crippen LogP contribution in [0.25, 0.3) is 0 Å². The number of rotatable bonds is 4. The first-order valence-corrected chi connectivity index (χ1v) is 4.19. The van der Waals surface area contributed by atoms with E-state index in [1.54, 1.807) is 12.5 Å². The van der Waals surface area contributed by atoms with E-state index in [-0.39, 0.29) is 0 Å². The topological polar surface area (TPSA) is 34.9 Å². The largest absolute Gasteiger partial charge is 0.337 e. The van der Waals surface area contributed by atoms with Gasteiger partial charge in [-0.15, -0.1) is 0 Å². The van der Waals surface area contributed by atoms with Gasteiger partial charge in [0.2, 0.25) is 0 Å². The number of aldehydes is 1. The molecule has 0 atom stereocenters. The van der Waals surface area contributed by atoms with Gasteiger partial charge in [0, 0.05) is 12.7 Å². The molecule has 1 aromatic heterocycles. The van der Waals surface area contributed by atoms with E-state index in [0.717, 1.165) is 19.3 Å². The zero-order valence-electron chi connectivity index (χ0n) is 7.53. The number of aryl methyl sites for hydroxylation is 1. The third-order valence-electron chi connectivity index (χ3n) is 1.74. The molecule has 0 aromatic carbocycles. The lowest BCUT2D eigenvalue weighted by molar-refractivity contribution is 0.111. The van der Waals surface area contributed by atoms with Gasteiger partial charge in [0.15, 0.2) is 6.29 Å². The summed E-state index contributed by atoms with van der Waals surface area (Å²) >= 11 is 0. The van der Waals surface area contributed by atoms with E-state index >= 15 is 0 Å². The van der Waals surface area contributed by atoms with Crippen LogP contribution in [0.1, 0.15) is 30.8 Å². The molecule has 0 spiro atoms. The Morgan fingerprint density at radius 2 is 2.42 bits per heavy atom. The van der Waals surface area contributed by atoms with Gasteiger partial charge < -0.3 is 4.57 Å². The van der Waals surface area contributed by atoms with E-state index in [1.165, 1.54) is 0 Å². The molecule has 3 nitrogen and oxygen atoms in total. The molecule has 0 bridgehead atoms. The van der Waals surface area contributed by atoms with Crippen molar-refractivity contribution in [2.45, 2.75) is 26.8 Å². The second kappa shape index (κ2) is 4.04. The molecule has 0 fully saturated rings. The molecule has 0 aliphatic rings. The Bertz CT molecular complexity index is 253. The molecule has 0 unspecified atom stereocenters. The summed E-state index contributed by atoms with van der Waals surface area (Å²) in [5, 5.41) is 0. The Morgan fingerprint density at radius 1 is 1.67 bits per heavy atom. The van der Waals surface area contributed by atoms with Crippen molar-refractivity contribution in [3.63, 3.8) is 0 Å². The van der Waals surface area contributed by atoms with Gasteiger partial charge in [-0.1, -0.05) is 13.8 Å². The second-order valence-electron chi connectivity index (χ2n) is 3.34. The van der Waals surface area contributed by atoms with Crippen LogP contribution in [-0.4, -0.2) is 15.8 Å². The summed E-state index contributed by atoms with van der Waals surface area (Å²) in [5.41, 5.74) is 0.513. The Labute approximate surface area is 72.4 Å². The number of imidazole rings is 1. The Kier molecular flexibility index (Phi) is 3.02. The average molecular weight is 166 g/mol. The highest BCUT2D eigenvalue weighted by Gasteiger charge is 1.97. The van der Waals surface area contributed by atoms with Gasteiger partial charge in [0.1, 0.15) is 5.69 Å². The molecule has 0 radical (unpaired) electrons. The highest BCUT2D eigenvalue weighted by atomic mass is 16.1. The summed E-state index contributed by atoms with van der Waals surface area (Å²) in [6.45, 7) is 5.30. The molecule has 0 saturated carbocycles. The van der Waals surface area contributed by atoms with Crippen molar-refractivity contribution >= 4 is 6.29 Å². The normalized spacial score (nSPS) is 10.6. The first-order chi connectivity index (χ1) is 5.72. The maximum atomic E-state index is 10.3. The van der Waals surface area contributed by atoms with Crippen molar-refractivity contribution in [1.82, 2.24) is 9.55 Å². The molecule has 1 heterocycles. The zero-order valence-corrected chi connectivity index (χ0v) is 7.53. The quantitative estimate of drug-likeness (QED) is 0.638. The van der Waals surface area contributed by atoms with Crippen molar-refractivity contribution in [1.29, 1.82) is 0 Å². The predicted molar refractivity (Wildman–Crippen MR) is 47.1 cm³/mol. The van der Waals surface area contributed by atoms with Crippen LogP contribution >= 0.6 is 0 Å². The second-order valence-corrected chi connectivity index (χ2v) is 3.34. The highest BCUT2D eigenvalue weighted by molar-refractivity contribution is 5.70. The van der Waals surface area contributed by atoms with Gasteiger partial charge in [-0.2, -0.15) is 0 Å². The smallest absolute Gasteiger partial charge is 0.169 e. The third-order valence-corrected chi connectivity index (χ3v) is 1.74. The first-order valence-electron chi connectivity index (χ1n) is 4.19. The van der Waals surface area contributed by atoms with E-state index in [1.807, 2.05) is 4.57 Å². The van der Waals surface area contributed by atoms with Gasteiger partial charge in [0.25, 0.3) is 0 Å². The number of hydrogen-bond donors (Lipinski definition) is 0. The number of aromatic nitrogens is 2. The van der Waals surface area contributed by atoms with Crippen LogP contribution in [0.2, 0.25) is 0 Å². The van der Waals surface area contributed by atoms with E-state index in [9.17, 15) is 4.79 Å². The standard InChI is InChI=1S/C9H14N2O/c1-8(2)3-4-11-5-9(6-12)10-7-11/h5-8H,3-4H2,1-2H3. The number of nitrogens with zero attached hydrogens (tertiary/aromatic N) is 2. The molecule has 12 heavy (non-hydrogen) atoms. The van der Waals surface area contributed by atoms with Crippen LogP contribution in [0.3, 0.4) is 0 Å². The Balaban J connectivity index is 2.47. The molecular weight excluding hydrogens is 152 g/mol. The van der Waals surface area contributed by atoms with E-state index < -0.39 is 0 Å². The van der Waals surface area contributed by atoms with Crippen molar-refractivity contribution in [2.75, 3.05) is 0 Å². The molecule has 66 valence electrons. The van der Waals surface area contributed by atoms with Crippen LogP contribution in [-0.2, 0) is 6.54 Å². The van der Waals surface area contributed by atoms with Crippen LogP contribution in [0.5, 0.6) is 0 Å². The maximum absolute atomic E-state index is 10.3. The monoisotopic (exact) mass is 166 g/mol. The fraction of sp³-hybridized carbons (Fsp3) is 0.556. The molecule has 0 amide bonds. The van der Waals surface area contributed by atoms with E-state index in [4.69, 9.17) is 0 Å². The molecule has 0 aliphatic heterocycles. The SMILES string of the molecule is CC(C)CCn1cnc(C=O)c1. The third kappa shape index (κ3) is 2.49. The predicted octanol–water partition coefficient (Wildman–Crippen LogP) is 1.74. The molecule has 1 aromatic rings.